The van der Waals surface area contributed by atoms with Crippen LogP contribution in [0.2, 0.25) is 0 Å². The van der Waals surface area contributed by atoms with Crippen LogP contribution < -0.4 is 10.1 Å². The van der Waals surface area contributed by atoms with Crippen LogP contribution in [0, 0.1) is 21.4 Å². The van der Waals surface area contributed by atoms with Gasteiger partial charge < -0.3 is 19.5 Å². The molecule has 1 saturated carbocycles. The highest BCUT2D eigenvalue weighted by molar-refractivity contribution is 6.08. The molecule has 3 amide bonds. The Morgan fingerprint density at radius 3 is 2.65 bits per heavy atom. The lowest BCUT2D eigenvalue weighted by Crippen LogP contribution is -2.50. The molecule has 34 heavy (non-hydrogen) atoms. The van der Waals surface area contributed by atoms with Gasteiger partial charge in [0.25, 0.3) is 11.6 Å². The first-order chi connectivity index (χ1) is 16.0. The van der Waals surface area contributed by atoms with Crippen molar-refractivity contribution < 1.29 is 33.5 Å². The number of nitro groups is 1. The first-order valence-electron chi connectivity index (χ1n) is 11.3. The molecule has 2 fully saturated rings. The Morgan fingerprint density at radius 2 is 2.00 bits per heavy atom. The zero-order valence-corrected chi connectivity index (χ0v) is 19.5. The van der Waals surface area contributed by atoms with Crippen molar-refractivity contribution >= 4 is 23.6 Å². The fraction of sp³-hybridized carbons (Fsp3) is 0.609. The normalized spacial score (nSPS) is 24.4. The van der Waals surface area contributed by atoms with E-state index < -0.39 is 34.9 Å². The number of esters is 1. The van der Waals surface area contributed by atoms with Gasteiger partial charge in [-0.05, 0) is 37.0 Å². The number of ether oxygens (including phenoxy) is 3. The van der Waals surface area contributed by atoms with Gasteiger partial charge in [0.1, 0.15) is 24.4 Å². The number of nitrogens with one attached hydrogen (secondary N) is 1. The second kappa shape index (κ2) is 8.86. The third-order valence-electron chi connectivity index (χ3n) is 6.97. The van der Waals surface area contributed by atoms with E-state index in [4.69, 9.17) is 14.2 Å². The van der Waals surface area contributed by atoms with E-state index in [0.717, 1.165) is 17.7 Å². The molecule has 4 rings (SSSR count). The number of non-ortho nitro benzene ring substituents is 1. The SMILES string of the molecule is CC(C)(C)C1CCC2(CC1)NC(=O)N(CC(=O)OCc1cc([N+](=O)[O-])cc3c1OCOC3)C2=O. The number of hydrogen-bond donors (Lipinski definition) is 1. The van der Waals surface area contributed by atoms with Crippen LogP contribution in [0.5, 0.6) is 5.75 Å². The van der Waals surface area contributed by atoms with Gasteiger partial charge in [-0.25, -0.2) is 4.79 Å². The Bertz CT molecular complexity index is 1020. The zero-order chi connectivity index (χ0) is 24.7. The minimum absolute atomic E-state index is 0.0215. The van der Waals surface area contributed by atoms with Crippen molar-refractivity contribution in [1.29, 1.82) is 0 Å². The summed E-state index contributed by atoms with van der Waals surface area (Å²) >= 11 is 0. The number of fused-ring (bicyclic) bond motifs is 1. The highest BCUT2D eigenvalue weighted by atomic mass is 16.7. The molecule has 0 unspecified atom stereocenters. The van der Waals surface area contributed by atoms with Gasteiger partial charge in [0, 0.05) is 23.3 Å². The van der Waals surface area contributed by atoms with E-state index in [1.165, 1.54) is 12.1 Å². The summed E-state index contributed by atoms with van der Waals surface area (Å²) in [7, 11) is 0. The number of benzene rings is 1. The predicted octanol–water partition coefficient (Wildman–Crippen LogP) is 3.03. The van der Waals surface area contributed by atoms with E-state index in [1.807, 2.05) is 0 Å². The van der Waals surface area contributed by atoms with E-state index >= 15 is 0 Å². The summed E-state index contributed by atoms with van der Waals surface area (Å²) in [5, 5.41) is 14.0. The Morgan fingerprint density at radius 1 is 1.29 bits per heavy atom. The van der Waals surface area contributed by atoms with Crippen molar-refractivity contribution in [2.45, 2.75) is 65.2 Å². The lowest BCUT2D eigenvalue weighted by molar-refractivity contribution is -0.385. The second-order valence-electron chi connectivity index (χ2n) is 10.2. The second-order valence-corrected chi connectivity index (χ2v) is 10.2. The molecule has 1 spiro atoms. The smallest absolute Gasteiger partial charge is 0.326 e. The number of imide groups is 1. The van der Waals surface area contributed by atoms with Crippen LogP contribution in [-0.4, -0.2) is 46.6 Å². The molecule has 0 radical (unpaired) electrons. The van der Waals surface area contributed by atoms with Gasteiger partial charge in [0.2, 0.25) is 0 Å². The first kappa shape index (κ1) is 23.9. The Hall–Kier alpha value is -3.21. The molecule has 0 aromatic heterocycles. The number of carbonyl (C=O) groups excluding carboxylic acids is 3. The standard InChI is InChI=1S/C23H29N3O8/c1-22(2,3)16-4-6-23(7-5-16)20(28)25(21(29)24-23)10-18(27)33-12-15-9-17(26(30)31)8-14-11-32-13-34-19(14)15/h8-9,16H,4-7,10-13H2,1-3H3,(H,24,29). The first-order valence-corrected chi connectivity index (χ1v) is 11.3. The van der Waals surface area contributed by atoms with Crippen molar-refractivity contribution in [3.8, 4) is 5.75 Å². The fourth-order valence-corrected chi connectivity index (χ4v) is 4.96. The van der Waals surface area contributed by atoms with Gasteiger partial charge in [0.05, 0.1) is 11.5 Å². The fourth-order valence-electron chi connectivity index (χ4n) is 4.96. The summed E-state index contributed by atoms with van der Waals surface area (Å²) in [6.45, 7) is 5.79. The lowest BCUT2D eigenvalue weighted by atomic mass is 9.67. The maximum Gasteiger partial charge on any atom is 0.326 e. The summed E-state index contributed by atoms with van der Waals surface area (Å²) in [6, 6.07) is 2.01. The molecule has 2 heterocycles. The van der Waals surface area contributed by atoms with Gasteiger partial charge in [-0.2, -0.15) is 0 Å². The van der Waals surface area contributed by atoms with Crippen LogP contribution in [0.1, 0.15) is 57.6 Å². The topological polar surface area (TPSA) is 137 Å². The number of hydrogen-bond acceptors (Lipinski definition) is 8. The molecule has 1 aromatic rings. The number of carbonyl (C=O) groups is 3. The van der Waals surface area contributed by atoms with E-state index in [1.54, 1.807) is 0 Å². The largest absolute Gasteiger partial charge is 0.467 e. The van der Waals surface area contributed by atoms with Gasteiger partial charge >= 0.3 is 12.0 Å². The number of nitro benzene ring substituents is 1. The van der Waals surface area contributed by atoms with E-state index in [0.29, 0.717) is 35.6 Å². The number of rotatable bonds is 5. The molecule has 1 aliphatic carbocycles. The van der Waals surface area contributed by atoms with Gasteiger partial charge in [-0.15, -0.1) is 0 Å². The van der Waals surface area contributed by atoms with Crippen LogP contribution in [0.4, 0.5) is 10.5 Å². The molecular weight excluding hydrogens is 446 g/mol. The maximum atomic E-state index is 13.1. The van der Waals surface area contributed by atoms with Crippen LogP contribution in [0.3, 0.4) is 0 Å². The maximum absolute atomic E-state index is 13.1. The summed E-state index contributed by atoms with van der Waals surface area (Å²) in [6.07, 6.45) is 2.69. The molecule has 1 N–H and O–H groups in total. The minimum atomic E-state index is -0.966. The Kier molecular flexibility index (Phi) is 6.24. The molecule has 11 nitrogen and oxygen atoms in total. The van der Waals surface area contributed by atoms with Gasteiger partial charge in [-0.3, -0.25) is 24.6 Å². The van der Waals surface area contributed by atoms with E-state index in [2.05, 4.69) is 26.1 Å². The van der Waals surface area contributed by atoms with Crippen LogP contribution in [0.25, 0.3) is 0 Å². The summed E-state index contributed by atoms with van der Waals surface area (Å²) < 4.78 is 15.9. The molecule has 184 valence electrons. The molecule has 1 aromatic carbocycles. The number of nitrogens with zero attached hydrogens (tertiary/aromatic N) is 2. The zero-order valence-electron chi connectivity index (χ0n) is 19.5. The summed E-state index contributed by atoms with van der Waals surface area (Å²) in [5.41, 5.74) is -0.228. The highest BCUT2D eigenvalue weighted by Crippen LogP contribution is 2.43. The molecule has 11 heteroatoms. The molecule has 1 saturated heterocycles. The average molecular weight is 475 g/mol. The Labute approximate surface area is 196 Å². The lowest BCUT2D eigenvalue weighted by Gasteiger charge is -2.40. The van der Waals surface area contributed by atoms with Gasteiger partial charge in [-0.1, -0.05) is 20.8 Å². The van der Waals surface area contributed by atoms with E-state index in [9.17, 15) is 24.5 Å². The van der Waals surface area contributed by atoms with Crippen molar-refractivity contribution in [2.75, 3.05) is 13.3 Å². The summed E-state index contributed by atoms with van der Waals surface area (Å²) in [4.78, 5) is 49.7. The predicted molar refractivity (Wildman–Crippen MR) is 118 cm³/mol. The van der Waals surface area contributed by atoms with Crippen molar-refractivity contribution in [3.63, 3.8) is 0 Å². The average Bonchev–Trinajstić information content (AvgIpc) is 3.00. The Balaban J connectivity index is 1.40. The van der Waals surface area contributed by atoms with Gasteiger partial charge in [0.15, 0.2) is 6.79 Å². The third-order valence-corrected chi connectivity index (χ3v) is 6.97. The number of amides is 3. The number of urea groups is 1. The minimum Gasteiger partial charge on any atom is -0.467 e. The molecule has 3 aliphatic rings. The van der Waals surface area contributed by atoms with Crippen LogP contribution in [-0.2, 0) is 32.3 Å². The molecule has 0 bridgehead atoms. The summed E-state index contributed by atoms with van der Waals surface area (Å²) in [5.74, 6) is -0.379. The molecule has 2 aliphatic heterocycles. The van der Waals surface area contributed by atoms with E-state index in [-0.39, 0.29) is 31.1 Å². The molecular formula is C23H29N3O8. The highest BCUT2D eigenvalue weighted by Gasteiger charge is 2.53. The quantitative estimate of drug-likeness (QED) is 0.297. The monoisotopic (exact) mass is 475 g/mol. The molecule has 0 atom stereocenters. The third kappa shape index (κ3) is 4.56. The van der Waals surface area contributed by atoms with Crippen molar-refractivity contribution in [3.05, 3.63) is 33.4 Å². The van der Waals surface area contributed by atoms with Crippen molar-refractivity contribution in [2.24, 2.45) is 11.3 Å². The van der Waals surface area contributed by atoms with Crippen molar-refractivity contribution in [1.82, 2.24) is 10.2 Å². The van der Waals surface area contributed by atoms with Crippen LogP contribution in [0.15, 0.2) is 12.1 Å². The van der Waals surface area contributed by atoms with Crippen LogP contribution >= 0.6 is 0 Å².